The molecule has 0 aliphatic rings. The molecule has 11 heteroatoms. The van der Waals surface area contributed by atoms with E-state index in [1.54, 1.807) is 0 Å². The summed E-state index contributed by atoms with van der Waals surface area (Å²) in [5, 5.41) is 15.9. The maximum Gasteiger partial charge on any atom is 0.338 e. The zero-order valence-electron chi connectivity index (χ0n) is 16.0. The van der Waals surface area contributed by atoms with Crippen LogP contribution in [0.3, 0.4) is 0 Å². The second kappa shape index (κ2) is 9.78. The zero-order valence-corrected chi connectivity index (χ0v) is 16.0. The maximum absolute atomic E-state index is 12.2. The quantitative estimate of drug-likeness (QED) is 0.392. The number of nitrogens with zero attached hydrogens (tertiary/aromatic N) is 1. The fraction of sp³-hybridized carbons (Fsp3) is 0.158. The van der Waals surface area contributed by atoms with Crippen molar-refractivity contribution in [2.45, 2.75) is 0 Å². The largest absolute Gasteiger partial charge is 0.465 e. The molecule has 0 aliphatic heterocycles. The Kier molecular flexibility index (Phi) is 7.17. The number of amides is 2. The molecule has 11 nitrogen and oxygen atoms in total. The third-order valence-corrected chi connectivity index (χ3v) is 3.78. The Hall–Kier alpha value is -4.28. The van der Waals surface area contributed by atoms with Crippen LogP contribution in [0.25, 0.3) is 0 Å². The van der Waals surface area contributed by atoms with Crippen molar-refractivity contribution in [1.82, 2.24) is 5.32 Å². The number of rotatable bonds is 7. The third kappa shape index (κ3) is 5.61. The highest BCUT2D eigenvalue weighted by Crippen LogP contribution is 2.19. The highest BCUT2D eigenvalue weighted by molar-refractivity contribution is 5.99. The van der Waals surface area contributed by atoms with Crippen LogP contribution in [0.5, 0.6) is 0 Å². The van der Waals surface area contributed by atoms with Crippen LogP contribution in [0.15, 0.2) is 42.5 Å². The van der Waals surface area contributed by atoms with E-state index in [2.05, 4.69) is 15.4 Å². The van der Waals surface area contributed by atoms with Crippen molar-refractivity contribution in [3.63, 3.8) is 0 Å². The Bertz CT molecular complexity index is 1000. The summed E-state index contributed by atoms with van der Waals surface area (Å²) in [4.78, 5) is 57.5. The van der Waals surface area contributed by atoms with Crippen molar-refractivity contribution in [1.29, 1.82) is 0 Å². The van der Waals surface area contributed by atoms with Crippen LogP contribution in [-0.4, -0.2) is 49.4 Å². The van der Waals surface area contributed by atoms with E-state index in [0.717, 1.165) is 25.3 Å². The number of benzene rings is 2. The van der Waals surface area contributed by atoms with E-state index in [1.807, 2.05) is 0 Å². The molecule has 156 valence electrons. The van der Waals surface area contributed by atoms with Gasteiger partial charge in [-0.25, -0.2) is 9.59 Å². The molecule has 0 aliphatic carbocycles. The minimum absolute atomic E-state index is 0.209. The van der Waals surface area contributed by atoms with E-state index in [1.165, 1.54) is 31.3 Å². The third-order valence-electron chi connectivity index (χ3n) is 3.78. The van der Waals surface area contributed by atoms with Gasteiger partial charge in [-0.15, -0.1) is 0 Å². The average Bonchev–Trinajstić information content (AvgIpc) is 2.76. The number of carbonyl (C=O) groups is 4. The van der Waals surface area contributed by atoms with Crippen LogP contribution in [0.2, 0.25) is 0 Å². The monoisotopic (exact) mass is 415 g/mol. The van der Waals surface area contributed by atoms with E-state index >= 15 is 0 Å². The number of anilines is 1. The van der Waals surface area contributed by atoms with E-state index in [9.17, 15) is 29.3 Å². The van der Waals surface area contributed by atoms with Gasteiger partial charge in [0, 0.05) is 30.4 Å². The first-order chi connectivity index (χ1) is 14.2. The lowest BCUT2D eigenvalue weighted by Crippen LogP contribution is -2.21. The lowest BCUT2D eigenvalue weighted by atomic mass is 10.1. The van der Waals surface area contributed by atoms with Gasteiger partial charge in [-0.1, -0.05) is 0 Å². The predicted octanol–water partition coefficient (Wildman–Crippen LogP) is 1.54. The molecule has 0 unspecified atom stereocenters. The number of non-ortho nitro benzene ring substituents is 1. The van der Waals surface area contributed by atoms with E-state index < -0.39 is 35.1 Å². The lowest BCUT2D eigenvalue weighted by Gasteiger charge is -2.08. The fourth-order valence-corrected chi connectivity index (χ4v) is 2.33. The molecule has 2 N–H and O–H groups in total. The molecule has 0 fully saturated rings. The van der Waals surface area contributed by atoms with Gasteiger partial charge in [0.2, 0.25) is 0 Å². The summed E-state index contributed by atoms with van der Waals surface area (Å²) >= 11 is 0. The number of ether oxygens (including phenoxy) is 2. The highest BCUT2D eigenvalue weighted by atomic mass is 16.6. The topological polar surface area (TPSA) is 154 Å². The molecule has 0 spiro atoms. The number of carbonyl (C=O) groups excluding carboxylic acids is 4. The summed E-state index contributed by atoms with van der Waals surface area (Å²) in [5.74, 6) is -2.86. The van der Waals surface area contributed by atoms with Crippen LogP contribution >= 0.6 is 0 Å². The summed E-state index contributed by atoms with van der Waals surface area (Å²) in [6, 6.07) is 8.93. The summed E-state index contributed by atoms with van der Waals surface area (Å²) in [7, 11) is 2.58. The number of methoxy groups -OCH3 is 1. The molecular weight excluding hydrogens is 398 g/mol. The van der Waals surface area contributed by atoms with Crippen molar-refractivity contribution in [3.8, 4) is 0 Å². The second-order valence-corrected chi connectivity index (χ2v) is 5.80. The summed E-state index contributed by atoms with van der Waals surface area (Å²) in [6.07, 6.45) is 0. The van der Waals surface area contributed by atoms with Gasteiger partial charge in [0.25, 0.3) is 17.5 Å². The minimum Gasteiger partial charge on any atom is -0.465 e. The molecule has 0 atom stereocenters. The van der Waals surface area contributed by atoms with Gasteiger partial charge in [-0.05, 0) is 30.3 Å². The molecular formula is C19H17N3O8. The van der Waals surface area contributed by atoms with Crippen LogP contribution in [-0.2, 0) is 14.3 Å². The van der Waals surface area contributed by atoms with Crippen LogP contribution < -0.4 is 10.6 Å². The first-order valence-corrected chi connectivity index (χ1v) is 8.42. The van der Waals surface area contributed by atoms with Gasteiger partial charge in [0.15, 0.2) is 6.61 Å². The fourth-order valence-electron chi connectivity index (χ4n) is 2.33. The Morgan fingerprint density at radius 1 is 0.967 bits per heavy atom. The first kappa shape index (κ1) is 22.0. The van der Waals surface area contributed by atoms with Crippen molar-refractivity contribution in [2.75, 3.05) is 26.1 Å². The lowest BCUT2D eigenvalue weighted by molar-refractivity contribution is -0.384. The zero-order chi connectivity index (χ0) is 22.3. The first-order valence-electron chi connectivity index (χ1n) is 8.42. The van der Waals surface area contributed by atoms with Gasteiger partial charge in [-0.3, -0.25) is 19.7 Å². The molecule has 2 amide bonds. The average molecular weight is 415 g/mol. The van der Waals surface area contributed by atoms with Crippen molar-refractivity contribution in [2.24, 2.45) is 0 Å². The molecule has 0 radical (unpaired) electrons. The normalized spacial score (nSPS) is 9.93. The Morgan fingerprint density at radius 2 is 1.57 bits per heavy atom. The van der Waals surface area contributed by atoms with Crippen LogP contribution in [0.4, 0.5) is 11.4 Å². The minimum atomic E-state index is -1.03. The van der Waals surface area contributed by atoms with Crippen molar-refractivity contribution in [3.05, 3.63) is 69.3 Å². The van der Waals surface area contributed by atoms with Crippen LogP contribution in [0, 0.1) is 10.1 Å². The van der Waals surface area contributed by atoms with Gasteiger partial charge in [0.1, 0.15) is 0 Å². The molecule has 0 saturated heterocycles. The number of esters is 2. The van der Waals surface area contributed by atoms with Gasteiger partial charge in [0.05, 0.1) is 23.2 Å². The van der Waals surface area contributed by atoms with Crippen molar-refractivity contribution >= 4 is 35.1 Å². The Morgan fingerprint density at radius 3 is 2.10 bits per heavy atom. The second-order valence-electron chi connectivity index (χ2n) is 5.80. The Balaban J connectivity index is 2.03. The van der Waals surface area contributed by atoms with Crippen molar-refractivity contribution < 1.29 is 33.6 Å². The van der Waals surface area contributed by atoms with Gasteiger partial charge < -0.3 is 20.1 Å². The molecule has 30 heavy (non-hydrogen) atoms. The highest BCUT2D eigenvalue weighted by Gasteiger charge is 2.20. The number of hydrogen-bond acceptors (Lipinski definition) is 8. The molecule has 2 aromatic carbocycles. The number of nitro groups is 1. The molecule has 0 aromatic heterocycles. The molecule has 2 aromatic rings. The van der Waals surface area contributed by atoms with E-state index in [4.69, 9.17) is 4.74 Å². The molecule has 2 rings (SSSR count). The summed E-state index contributed by atoms with van der Waals surface area (Å²) in [6.45, 7) is -0.674. The summed E-state index contributed by atoms with van der Waals surface area (Å²) < 4.78 is 9.35. The standard InChI is InChI=1S/C19H17N3O8/c1-20-17(24)11-3-5-14(6-4-11)21-16(23)10-30-19(26)13-7-12(18(25)29-2)8-15(9-13)22(27)28/h3-9H,10H2,1-2H3,(H,20,24)(H,21,23). The smallest absolute Gasteiger partial charge is 0.338 e. The molecule has 0 saturated carbocycles. The Labute approximate surface area is 170 Å². The number of nitrogens with one attached hydrogen (secondary N) is 2. The van der Waals surface area contributed by atoms with Crippen LogP contribution in [0.1, 0.15) is 31.1 Å². The number of nitro benzene ring substituents is 1. The number of hydrogen-bond donors (Lipinski definition) is 2. The predicted molar refractivity (Wildman–Crippen MR) is 103 cm³/mol. The van der Waals surface area contributed by atoms with E-state index in [-0.39, 0.29) is 17.0 Å². The molecule has 0 bridgehead atoms. The van der Waals surface area contributed by atoms with Gasteiger partial charge >= 0.3 is 11.9 Å². The molecule has 0 heterocycles. The van der Waals surface area contributed by atoms with E-state index in [0.29, 0.717) is 11.3 Å². The SMILES string of the molecule is CNC(=O)c1ccc(NC(=O)COC(=O)c2cc(C(=O)OC)cc([N+](=O)[O-])c2)cc1. The van der Waals surface area contributed by atoms with Gasteiger partial charge in [-0.2, -0.15) is 0 Å². The maximum atomic E-state index is 12.2. The summed E-state index contributed by atoms with van der Waals surface area (Å²) in [5.41, 5.74) is -0.238.